The molecule has 196 valence electrons. The molecule has 0 radical (unpaired) electrons. The van der Waals surface area contributed by atoms with Crippen LogP contribution in [0.15, 0.2) is 76.8 Å². The molecule has 0 spiro atoms. The van der Waals surface area contributed by atoms with E-state index in [1.807, 2.05) is 6.07 Å². The lowest BCUT2D eigenvalue weighted by molar-refractivity contribution is -0.126. The summed E-state index contributed by atoms with van der Waals surface area (Å²) < 4.78 is 11.5. The molecule has 0 saturated carbocycles. The lowest BCUT2D eigenvalue weighted by atomic mass is 9.90. The van der Waals surface area contributed by atoms with Crippen molar-refractivity contribution in [2.45, 2.75) is 24.9 Å². The summed E-state index contributed by atoms with van der Waals surface area (Å²) in [6.07, 6.45) is 0.690. The number of carbonyl (C=O) groups is 1. The van der Waals surface area contributed by atoms with Gasteiger partial charge in [0.25, 0.3) is 5.91 Å². The van der Waals surface area contributed by atoms with Gasteiger partial charge in [-0.05, 0) is 53.1 Å². The Morgan fingerprint density at radius 2 is 1.95 bits per heavy atom. The van der Waals surface area contributed by atoms with Gasteiger partial charge in [-0.15, -0.1) is 0 Å². The van der Waals surface area contributed by atoms with Gasteiger partial charge in [0, 0.05) is 42.2 Å². The molecule has 0 fully saturated rings. The summed E-state index contributed by atoms with van der Waals surface area (Å²) in [5.41, 5.74) is 10.2. The van der Waals surface area contributed by atoms with Gasteiger partial charge in [0.15, 0.2) is 5.54 Å². The van der Waals surface area contributed by atoms with Crippen LogP contribution in [0.5, 0.6) is 5.75 Å². The monoisotopic (exact) mass is 553 g/mol. The molecule has 38 heavy (non-hydrogen) atoms. The minimum absolute atomic E-state index is 0.00507. The molecule has 11 heteroatoms. The van der Waals surface area contributed by atoms with Gasteiger partial charge in [-0.1, -0.05) is 58.6 Å². The zero-order valence-corrected chi connectivity index (χ0v) is 21.8. The molecule has 0 aliphatic carbocycles. The second-order valence-electron chi connectivity index (χ2n) is 8.61. The molecule has 0 unspecified atom stereocenters. The predicted octanol–water partition coefficient (Wildman–Crippen LogP) is 5.77. The largest absolute Gasteiger partial charge is 0.494 e. The predicted molar refractivity (Wildman–Crippen MR) is 146 cm³/mol. The first-order valence-electron chi connectivity index (χ1n) is 11.9. The van der Waals surface area contributed by atoms with Crippen LogP contribution in [0, 0.1) is 0 Å². The smallest absolute Gasteiger partial charge is 0.252 e. The molecule has 3 aromatic rings. The number of hydrogen-bond donors (Lipinski definition) is 2. The average Bonchev–Trinajstić information content (AvgIpc) is 3.36. The Morgan fingerprint density at radius 1 is 1.16 bits per heavy atom. The molecule has 1 aliphatic heterocycles. The summed E-state index contributed by atoms with van der Waals surface area (Å²) in [4.78, 5) is 21.3. The highest BCUT2D eigenvalue weighted by Crippen LogP contribution is 2.31. The third kappa shape index (κ3) is 6.57. The van der Waals surface area contributed by atoms with E-state index in [0.29, 0.717) is 51.5 Å². The minimum Gasteiger partial charge on any atom is -0.494 e. The van der Waals surface area contributed by atoms with E-state index in [-0.39, 0.29) is 32.1 Å². The molecule has 9 nitrogen and oxygen atoms in total. The average molecular weight is 554 g/mol. The Morgan fingerprint density at radius 3 is 2.68 bits per heavy atom. The van der Waals surface area contributed by atoms with Gasteiger partial charge < -0.3 is 19.9 Å². The van der Waals surface area contributed by atoms with Crippen LogP contribution >= 0.6 is 23.2 Å². The van der Waals surface area contributed by atoms with Gasteiger partial charge in [-0.2, -0.15) is 0 Å². The van der Waals surface area contributed by atoms with Crippen molar-refractivity contribution in [2.75, 3.05) is 19.8 Å². The van der Waals surface area contributed by atoms with Crippen LogP contribution in [0.2, 0.25) is 10.0 Å². The summed E-state index contributed by atoms with van der Waals surface area (Å²) >= 11 is 12.1. The highest BCUT2D eigenvalue weighted by atomic mass is 35.5. The number of ether oxygens (including phenoxy) is 2. The van der Waals surface area contributed by atoms with Crippen molar-refractivity contribution >= 4 is 40.7 Å². The fourth-order valence-electron chi connectivity index (χ4n) is 3.95. The van der Waals surface area contributed by atoms with Crippen LogP contribution in [-0.2, 0) is 22.5 Å². The number of aliphatic hydroxyl groups excluding tert-OH is 1. The van der Waals surface area contributed by atoms with E-state index in [9.17, 15) is 4.79 Å². The fourth-order valence-corrected chi connectivity index (χ4v) is 4.27. The van der Waals surface area contributed by atoms with Crippen LogP contribution in [0.4, 0.5) is 5.69 Å². The third-order valence-corrected chi connectivity index (χ3v) is 6.66. The van der Waals surface area contributed by atoms with Crippen molar-refractivity contribution < 1.29 is 19.4 Å². The molecular weight excluding hydrogens is 529 g/mol. The maximum absolute atomic E-state index is 13.6. The van der Waals surface area contributed by atoms with Crippen molar-refractivity contribution in [3.8, 4) is 5.75 Å². The highest BCUT2D eigenvalue weighted by Gasteiger charge is 2.44. The van der Waals surface area contributed by atoms with E-state index in [1.54, 1.807) is 60.7 Å². The Kier molecular flexibility index (Phi) is 9.10. The minimum atomic E-state index is -1.30. The Labute approximate surface area is 229 Å². The first-order valence-corrected chi connectivity index (χ1v) is 12.6. The zero-order chi connectivity index (χ0) is 27.0. The standard InChI is InChI=1S/C27H25Cl2N5O4/c28-22-11-6-18(14-23(22)29)16-31-26(36)27(15-20-4-1-2-5-24(20)33-34-30)17-38-25(32-27)19-7-9-21(10-8-19)37-13-3-12-35/h1-2,4-11,14,35H,3,12-13,15-17H2,(H,31,36)/t27-/m1/s1. The molecule has 3 aromatic carbocycles. The SMILES string of the molecule is [N-]=[N+]=Nc1ccccc1C[C@]1(C(=O)NCc2ccc(Cl)c(Cl)c2)COC(c2ccc(OCCCO)cc2)=N1. The van der Waals surface area contributed by atoms with E-state index in [4.69, 9.17) is 48.3 Å². The lowest BCUT2D eigenvalue weighted by Gasteiger charge is -2.24. The first kappa shape index (κ1) is 27.3. The number of aliphatic hydroxyl groups is 1. The summed E-state index contributed by atoms with van der Waals surface area (Å²) in [7, 11) is 0. The number of hydrogen-bond acceptors (Lipinski definition) is 6. The zero-order valence-electron chi connectivity index (χ0n) is 20.3. The van der Waals surface area contributed by atoms with Crippen molar-refractivity contribution in [1.82, 2.24) is 5.32 Å². The second-order valence-corrected chi connectivity index (χ2v) is 9.43. The number of amides is 1. The molecule has 1 amide bonds. The molecule has 0 saturated heterocycles. The van der Waals surface area contributed by atoms with E-state index in [1.165, 1.54) is 0 Å². The van der Waals surface area contributed by atoms with Crippen molar-refractivity contribution in [3.63, 3.8) is 0 Å². The molecule has 0 bridgehead atoms. The number of aliphatic imine (C=N–C) groups is 1. The van der Waals surface area contributed by atoms with E-state index >= 15 is 0 Å². The van der Waals surface area contributed by atoms with Gasteiger partial charge >= 0.3 is 0 Å². The maximum atomic E-state index is 13.6. The molecule has 1 aliphatic rings. The maximum Gasteiger partial charge on any atom is 0.252 e. The van der Waals surface area contributed by atoms with E-state index in [2.05, 4.69) is 15.3 Å². The van der Waals surface area contributed by atoms with Gasteiger partial charge in [-0.3, -0.25) is 4.79 Å². The quantitative estimate of drug-likeness (QED) is 0.135. The van der Waals surface area contributed by atoms with Crippen LogP contribution in [0.25, 0.3) is 10.4 Å². The van der Waals surface area contributed by atoms with Crippen LogP contribution in [0.3, 0.4) is 0 Å². The van der Waals surface area contributed by atoms with Crippen LogP contribution in [-0.4, -0.2) is 42.3 Å². The number of halogens is 2. The van der Waals surface area contributed by atoms with Crippen LogP contribution in [0.1, 0.15) is 23.1 Å². The second kappa shape index (κ2) is 12.7. The van der Waals surface area contributed by atoms with Gasteiger partial charge in [0.05, 0.1) is 16.7 Å². The topological polar surface area (TPSA) is 129 Å². The summed E-state index contributed by atoms with van der Waals surface area (Å²) in [6, 6.07) is 19.3. The Balaban J connectivity index is 1.61. The number of rotatable bonds is 11. The third-order valence-electron chi connectivity index (χ3n) is 5.92. The first-order chi connectivity index (χ1) is 18.4. The fraction of sp³-hybridized carbons (Fsp3) is 0.259. The number of carbonyl (C=O) groups excluding carboxylic acids is 1. The molecule has 2 N–H and O–H groups in total. The van der Waals surface area contributed by atoms with Crippen molar-refractivity contribution in [3.05, 3.63) is 104 Å². The van der Waals surface area contributed by atoms with Crippen molar-refractivity contribution in [1.29, 1.82) is 0 Å². The summed E-state index contributed by atoms with van der Waals surface area (Å²) in [6.45, 7) is 0.663. The molecule has 1 heterocycles. The Hall–Kier alpha value is -3.75. The molecular formula is C27H25Cl2N5O4. The van der Waals surface area contributed by atoms with Crippen molar-refractivity contribution in [2.24, 2.45) is 10.1 Å². The number of nitrogens with one attached hydrogen (secondary N) is 1. The highest BCUT2D eigenvalue weighted by molar-refractivity contribution is 6.42. The number of benzene rings is 3. The molecule has 4 rings (SSSR count). The normalized spacial score (nSPS) is 16.2. The van der Waals surface area contributed by atoms with E-state index in [0.717, 1.165) is 5.56 Å². The summed E-state index contributed by atoms with van der Waals surface area (Å²) in [5.74, 6) is 0.617. The van der Waals surface area contributed by atoms with Gasteiger partial charge in [0.1, 0.15) is 12.4 Å². The Bertz CT molecular complexity index is 1380. The molecule has 1 atom stereocenters. The van der Waals surface area contributed by atoms with Gasteiger partial charge in [0.2, 0.25) is 5.90 Å². The summed E-state index contributed by atoms with van der Waals surface area (Å²) in [5, 5.41) is 16.5. The van der Waals surface area contributed by atoms with Crippen LogP contribution < -0.4 is 10.1 Å². The van der Waals surface area contributed by atoms with E-state index < -0.39 is 5.54 Å². The molecule has 0 aromatic heterocycles. The number of azide groups is 1. The lowest BCUT2D eigenvalue weighted by Crippen LogP contribution is -2.48. The number of nitrogens with zero attached hydrogens (tertiary/aromatic N) is 4. The van der Waals surface area contributed by atoms with Gasteiger partial charge in [-0.25, -0.2) is 4.99 Å².